The number of nitrogen functional groups attached to an aromatic ring is 1. The Bertz CT molecular complexity index is 1470. The molecule has 6 N–H and O–H groups in total. The van der Waals surface area contributed by atoms with Gasteiger partial charge in [0.25, 0.3) is 0 Å². The molecule has 182 valence electrons. The lowest BCUT2D eigenvalue weighted by atomic mass is 10.0. The second kappa shape index (κ2) is 10.0. The highest BCUT2D eigenvalue weighted by atomic mass is 32.2. The zero-order chi connectivity index (χ0) is 25.0. The van der Waals surface area contributed by atoms with Gasteiger partial charge in [0.05, 0.1) is 11.6 Å². The Morgan fingerprint density at radius 2 is 1.80 bits per heavy atom. The molecule has 0 saturated carbocycles. The van der Waals surface area contributed by atoms with Crippen LogP contribution >= 0.6 is 0 Å². The van der Waals surface area contributed by atoms with E-state index in [1.807, 2.05) is 49.4 Å². The number of ether oxygens (including phenoxy) is 1. The zero-order valence-corrected chi connectivity index (χ0v) is 20.1. The SMILES string of the molecule is Cc1cccc(NC(=O)Nc2ccc(-c3ccc(OCCNS(C)(=O)=O)c4[nH]nc(N)c34)cc2)c1. The molecular weight excluding hydrogens is 468 g/mol. The number of hydrogen-bond donors (Lipinski definition) is 5. The summed E-state index contributed by atoms with van der Waals surface area (Å²) >= 11 is 0. The molecule has 11 heteroatoms. The highest BCUT2D eigenvalue weighted by Gasteiger charge is 2.15. The molecule has 1 heterocycles. The number of hydrogen-bond acceptors (Lipinski definition) is 6. The number of rotatable bonds is 8. The van der Waals surface area contributed by atoms with E-state index in [-0.39, 0.29) is 19.2 Å². The maximum Gasteiger partial charge on any atom is 0.323 e. The van der Waals surface area contributed by atoms with Crippen molar-refractivity contribution in [3.05, 3.63) is 66.2 Å². The molecule has 0 fully saturated rings. The summed E-state index contributed by atoms with van der Waals surface area (Å²) in [5, 5.41) is 13.3. The number of fused-ring (bicyclic) bond motifs is 1. The monoisotopic (exact) mass is 494 g/mol. The third kappa shape index (κ3) is 6.08. The van der Waals surface area contributed by atoms with Crippen LogP contribution in [0.4, 0.5) is 22.0 Å². The van der Waals surface area contributed by atoms with Crippen LogP contribution in [0.15, 0.2) is 60.7 Å². The summed E-state index contributed by atoms with van der Waals surface area (Å²) in [7, 11) is -3.29. The van der Waals surface area contributed by atoms with Crippen LogP contribution in [0.3, 0.4) is 0 Å². The molecule has 0 spiro atoms. The largest absolute Gasteiger partial charge is 0.490 e. The maximum absolute atomic E-state index is 12.3. The lowest BCUT2D eigenvalue weighted by molar-refractivity contribution is 0.262. The number of amides is 2. The minimum atomic E-state index is -3.29. The first-order valence-electron chi connectivity index (χ1n) is 10.8. The average molecular weight is 495 g/mol. The summed E-state index contributed by atoms with van der Waals surface area (Å²) in [4.78, 5) is 12.3. The topological polar surface area (TPSA) is 151 Å². The van der Waals surface area contributed by atoms with Crippen LogP contribution < -0.4 is 25.8 Å². The Balaban J connectivity index is 1.48. The van der Waals surface area contributed by atoms with Crippen molar-refractivity contribution >= 4 is 44.1 Å². The number of aryl methyl sites for hydroxylation is 1. The van der Waals surface area contributed by atoms with E-state index in [2.05, 4.69) is 25.6 Å². The molecule has 4 rings (SSSR count). The van der Waals surface area contributed by atoms with Gasteiger partial charge in [-0.15, -0.1) is 0 Å². The number of anilines is 3. The van der Waals surface area contributed by atoms with Gasteiger partial charge in [-0.3, -0.25) is 5.10 Å². The van der Waals surface area contributed by atoms with Crippen molar-refractivity contribution in [3.8, 4) is 16.9 Å². The number of nitrogens with zero attached hydrogens (tertiary/aromatic N) is 1. The van der Waals surface area contributed by atoms with Crippen molar-refractivity contribution < 1.29 is 17.9 Å². The molecule has 0 atom stereocenters. The van der Waals surface area contributed by atoms with E-state index < -0.39 is 10.0 Å². The molecule has 1 aromatic heterocycles. The molecule has 3 aromatic carbocycles. The van der Waals surface area contributed by atoms with Gasteiger partial charge in [0.15, 0.2) is 5.82 Å². The standard InChI is InChI=1S/C24H26N6O4S/c1-15-4-3-5-18(14-15)28-24(31)27-17-8-6-16(7-9-17)19-10-11-20(22-21(19)23(25)30-29-22)34-13-12-26-35(2,32)33/h3-11,14,26H,12-13H2,1-2H3,(H3,25,29,30)(H2,27,28,31). The molecule has 0 radical (unpaired) electrons. The predicted molar refractivity (Wildman–Crippen MR) is 138 cm³/mol. The van der Waals surface area contributed by atoms with E-state index >= 15 is 0 Å². The van der Waals surface area contributed by atoms with Crippen LogP contribution in [0, 0.1) is 6.92 Å². The fourth-order valence-corrected chi connectivity index (χ4v) is 4.09. The van der Waals surface area contributed by atoms with Crippen molar-refractivity contribution in [2.45, 2.75) is 6.92 Å². The number of urea groups is 1. The van der Waals surface area contributed by atoms with Gasteiger partial charge in [-0.25, -0.2) is 17.9 Å². The lowest BCUT2D eigenvalue weighted by Crippen LogP contribution is -2.26. The molecule has 0 unspecified atom stereocenters. The Morgan fingerprint density at radius 3 is 2.51 bits per heavy atom. The van der Waals surface area contributed by atoms with Gasteiger partial charge in [-0.2, -0.15) is 5.10 Å². The third-order valence-corrected chi connectivity index (χ3v) is 5.89. The van der Waals surface area contributed by atoms with Crippen LogP contribution in [0.25, 0.3) is 22.0 Å². The van der Waals surface area contributed by atoms with Gasteiger partial charge < -0.3 is 21.1 Å². The van der Waals surface area contributed by atoms with E-state index in [1.165, 1.54) is 0 Å². The first-order chi connectivity index (χ1) is 16.7. The van der Waals surface area contributed by atoms with Crippen molar-refractivity contribution in [1.29, 1.82) is 0 Å². The van der Waals surface area contributed by atoms with Gasteiger partial charge in [0, 0.05) is 17.9 Å². The third-order valence-electron chi connectivity index (χ3n) is 5.17. The normalized spacial score (nSPS) is 11.4. The molecule has 0 aliphatic heterocycles. The molecule has 2 amide bonds. The number of nitrogens with two attached hydrogens (primary N) is 1. The first-order valence-corrected chi connectivity index (χ1v) is 12.7. The summed E-state index contributed by atoms with van der Waals surface area (Å²) in [6.45, 7) is 2.24. The second-order valence-corrected chi connectivity index (χ2v) is 9.84. The van der Waals surface area contributed by atoms with Gasteiger partial charge >= 0.3 is 6.03 Å². The van der Waals surface area contributed by atoms with E-state index in [9.17, 15) is 13.2 Å². The van der Waals surface area contributed by atoms with E-state index in [0.717, 1.165) is 22.9 Å². The fraction of sp³-hybridized carbons (Fsp3) is 0.167. The Hall–Kier alpha value is -4.09. The van der Waals surface area contributed by atoms with E-state index in [1.54, 1.807) is 18.2 Å². The number of aromatic amines is 1. The number of benzene rings is 3. The summed E-state index contributed by atoms with van der Waals surface area (Å²) in [5.74, 6) is 0.823. The fourth-order valence-electron chi connectivity index (χ4n) is 3.63. The maximum atomic E-state index is 12.3. The van der Waals surface area contributed by atoms with Crippen molar-refractivity contribution in [2.75, 3.05) is 35.8 Å². The Morgan fingerprint density at radius 1 is 1.06 bits per heavy atom. The van der Waals surface area contributed by atoms with Crippen molar-refractivity contribution in [1.82, 2.24) is 14.9 Å². The van der Waals surface area contributed by atoms with Crippen LogP contribution in [0.2, 0.25) is 0 Å². The number of carbonyl (C=O) groups excluding carboxylic acids is 1. The minimum Gasteiger partial charge on any atom is -0.490 e. The van der Waals surface area contributed by atoms with Crippen LogP contribution in [-0.2, 0) is 10.0 Å². The minimum absolute atomic E-state index is 0.137. The zero-order valence-electron chi connectivity index (χ0n) is 19.3. The van der Waals surface area contributed by atoms with Crippen LogP contribution in [0.1, 0.15) is 5.56 Å². The number of nitrogens with one attached hydrogen (secondary N) is 4. The Labute approximate surface area is 202 Å². The predicted octanol–water partition coefficient (Wildman–Crippen LogP) is 3.69. The van der Waals surface area contributed by atoms with Gasteiger partial charge in [0.2, 0.25) is 10.0 Å². The summed E-state index contributed by atoms with van der Waals surface area (Å²) in [6.07, 6.45) is 1.09. The quantitative estimate of drug-likeness (QED) is 0.236. The molecule has 0 saturated heterocycles. The smallest absolute Gasteiger partial charge is 0.323 e. The lowest BCUT2D eigenvalue weighted by Gasteiger charge is -2.11. The van der Waals surface area contributed by atoms with Crippen LogP contribution in [-0.4, -0.2) is 44.1 Å². The second-order valence-electron chi connectivity index (χ2n) is 8.01. The molecule has 10 nitrogen and oxygen atoms in total. The highest BCUT2D eigenvalue weighted by molar-refractivity contribution is 7.88. The summed E-state index contributed by atoms with van der Waals surface area (Å²) in [6, 6.07) is 18.2. The molecule has 0 bridgehead atoms. The van der Waals surface area contributed by atoms with Gasteiger partial charge in [0.1, 0.15) is 17.9 Å². The molecule has 0 aliphatic carbocycles. The van der Waals surface area contributed by atoms with E-state index in [4.69, 9.17) is 10.5 Å². The molecule has 0 aliphatic rings. The molecular formula is C24H26N6O4S. The summed E-state index contributed by atoms with van der Waals surface area (Å²) < 4.78 is 30.5. The number of sulfonamides is 1. The van der Waals surface area contributed by atoms with E-state index in [0.29, 0.717) is 33.8 Å². The van der Waals surface area contributed by atoms with Gasteiger partial charge in [-0.1, -0.05) is 24.3 Å². The summed E-state index contributed by atoms with van der Waals surface area (Å²) in [5.41, 5.74) is 10.8. The van der Waals surface area contributed by atoms with Crippen molar-refractivity contribution in [2.24, 2.45) is 0 Å². The average Bonchev–Trinajstić information content (AvgIpc) is 3.19. The van der Waals surface area contributed by atoms with Crippen LogP contribution in [0.5, 0.6) is 5.75 Å². The molecule has 4 aromatic rings. The van der Waals surface area contributed by atoms with Gasteiger partial charge in [-0.05, 0) is 60.0 Å². The molecule has 35 heavy (non-hydrogen) atoms. The number of carbonyl (C=O) groups is 1. The Kier molecular flexibility index (Phi) is 6.90. The highest BCUT2D eigenvalue weighted by Crippen LogP contribution is 2.36. The first kappa shape index (κ1) is 24.0. The van der Waals surface area contributed by atoms with Crippen molar-refractivity contribution in [3.63, 3.8) is 0 Å². The number of H-pyrrole nitrogens is 1. The number of aromatic nitrogens is 2.